The Morgan fingerprint density at radius 2 is 2.12 bits per heavy atom. The summed E-state index contributed by atoms with van der Waals surface area (Å²) >= 11 is 5.04. The Morgan fingerprint density at radius 1 is 1.29 bits per heavy atom. The third-order valence-corrected chi connectivity index (χ3v) is 4.06. The van der Waals surface area contributed by atoms with Crippen LogP contribution in [-0.2, 0) is 0 Å². The lowest BCUT2D eigenvalue weighted by atomic mass is 10.2. The summed E-state index contributed by atoms with van der Waals surface area (Å²) in [6.07, 6.45) is 3.60. The van der Waals surface area contributed by atoms with Gasteiger partial charge in [0, 0.05) is 23.3 Å². The van der Waals surface area contributed by atoms with Crippen molar-refractivity contribution in [3.8, 4) is 0 Å². The highest BCUT2D eigenvalue weighted by Crippen LogP contribution is 2.31. The average molecular weight is 310 g/mol. The number of pyridine rings is 2. The summed E-state index contributed by atoms with van der Waals surface area (Å²) in [5.74, 6) is 0. The number of hydrogen-bond donors (Lipinski definition) is 1. The minimum absolute atomic E-state index is 0.0318. The first-order valence-corrected chi connectivity index (χ1v) is 6.77. The van der Waals surface area contributed by atoms with Crippen LogP contribution in [0.2, 0.25) is 0 Å². The summed E-state index contributed by atoms with van der Waals surface area (Å²) in [4.78, 5) is 9.66. The quantitative estimate of drug-likeness (QED) is 0.944. The molecule has 2 aromatic rings. The van der Waals surface area contributed by atoms with E-state index < -0.39 is 0 Å². The molecule has 2 rings (SSSR count). The van der Waals surface area contributed by atoms with Gasteiger partial charge in [-0.3, -0.25) is 4.98 Å². The summed E-state index contributed by atoms with van der Waals surface area (Å²) in [5, 5.41) is 0.933. The molecule has 0 aliphatic rings. The zero-order valence-electron chi connectivity index (χ0n) is 9.30. The van der Waals surface area contributed by atoms with E-state index in [0.717, 1.165) is 20.1 Å². The first kappa shape index (κ1) is 12.5. The number of nitrogens with zero attached hydrogens (tertiary/aromatic N) is 2. The lowest BCUT2D eigenvalue weighted by molar-refractivity contribution is 0.777. The number of halogens is 1. The molecule has 0 radical (unpaired) electrons. The molecule has 3 nitrogen and oxygen atoms in total. The van der Waals surface area contributed by atoms with E-state index in [1.54, 1.807) is 18.0 Å². The minimum atomic E-state index is -0.0318. The SMILES string of the molecule is CC(N)c1ccc(Sc2ncccc2Br)cn1. The van der Waals surface area contributed by atoms with Crippen molar-refractivity contribution in [3.05, 3.63) is 46.8 Å². The molecule has 0 spiro atoms. The third kappa shape index (κ3) is 3.28. The molecular weight excluding hydrogens is 298 g/mol. The molecule has 2 aromatic heterocycles. The predicted molar refractivity (Wildman–Crippen MR) is 72.9 cm³/mol. The Kier molecular flexibility index (Phi) is 4.15. The highest BCUT2D eigenvalue weighted by atomic mass is 79.9. The Morgan fingerprint density at radius 3 is 2.71 bits per heavy atom. The highest BCUT2D eigenvalue weighted by molar-refractivity contribution is 9.10. The van der Waals surface area contributed by atoms with E-state index in [9.17, 15) is 0 Å². The standard InChI is InChI=1S/C12H12BrN3S/c1-8(14)11-5-4-9(7-16-11)17-12-10(13)3-2-6-15-12/h2-8H,14H2,1H3. The molecule has 88 valence electrons. The summed E-state index contributed by atoms with van der Waals surface area (Å²) in [6.45, 7) is 1.92. The molecule has 5 heteroatoms. The fourth-order valence-electron chi connectivity index (χ4n) is 1.28. The van der Waals surface area contributed by atoms with Crippen molar-refractivity contribution >= 4 is 27.7 Å². The maximum Gasteiger partial charge on any atom is 0.115 e. The monoisotopic (exact) mass is 309 g/mol. The lowest BCUT2D eigenvalue weighted by Crippen LogP contribution is -2.06. The van der Waals surface area contributed by atoms with E-state index in [0.29, 0.717) is 0 Å². The van der Waals surface area contributed by atoms with Crippen LogP contribution in [0, 0.1) is 0 Å². The fourth-order valence-corrected chi connectivity index (χ4v) is 2.52. The maximum atomic E-state index is 5.75. The van der Waals surface area contributed by atoms with Gasteiger partial charge >= 0.3 is 0 Å². The van der Waals surface area contributed by atoms with Crippen LogP contribution in [0.1, 0.15) is 18.7 Å². The first-order chi connectivity index (χ1) is 8.16. The Labute approximate surface area is 113 Å². The number of hydrogen-bond acceptors (Lipinski definition) is 4. The first-order valence-electron chi connectivity index (χ1n) is 5.16. The van der Waals surface area contributed by atoms with Gasteiger partial charge in [-0.05, 0) is 47.1 Å². The van der Waals surface area contributed by atoms with Crippen molar-refractivity contribution in [1.29, 1.82) is 0 Å². The van der Waals surface area contributed by atoms with Gasteiger partial charge in [0.05, 0.1) is 10.2 Å². The molecule has 1 atom stereocenters. The Bertz CT molecular complexity index is 499. The van der Waals surface area contributed by atoms with E-state index in [4.69, 9.17) is 5.73 Å². The van der Waals surface area contributed by atoms with Crippen molar-refractivity contribution in [3.63, 3.8) is 0 Å². The number of aromatic nitrogens is 2. The van der Waals surface area contributed by atoms with E-state index in [1.807, 2.05) is 37.4 Å². The third-order valence-electron chi connectivity index (χ3n) is 2.16. The second-order valence-corrected chi connectivity index (χ2v) is 5.52. The van der Waals surface area contributed by atoms with Crippen LogP contribution >= 0.6 is 27.7 Å². The maximum absolute atomic E-state index is 5.75. The second-order valence-electron chi connectivity index (χ2n) is 3.60. The molecule has 0 bridgehead atoms. The van der Waals surface area contributed by atoms with Crippen LogP contribution in [-0.4, -0.2) is 9.97 Å². The minimum Gasteiger partial charge on any atom is -0.323 e. The predicted octanol–water partition coefficient (Wildman–Crippen LogP) is 3.41. The van der Waals surface area contributed by atoms with Crippen molar-refractivity contribution in [2.24, 2.45) is 5.73 Å². The van der Waals surface area contributed by atoms with E-state index in [2.05, 4.69) is 25.9 Å². The normalized spacial score (nSPS) is 12.4. The number of rotatable bonds is 3. The molecule has 0 saturated carbocycles. The van der Waals surface area contributed by atoms with Crippen molar-refractivity contribution < 1.29 is 0 Å². The van der Waals surface area contributed by atoms with Crippen molar-refractivity contribution in [2.75, 3.05) is 0 Å². The molecule has 0 aliphatic carbocycles. The Hall–Kier alpha value is -0.910. The molecule has 0 aromatic carbocycles. The van der Waals surface area contributed by atoms with Gasteiger partial charge in [-0.1, -0.05) is 11.8 Å². The highest BCUT2D eigenvalue weighted by Gasteiger charge is 2.05. The van der Waals surface area contributed by atoms with Gasteiger partial charge < -0.3 is 5.73 Å². The smallest absolute Gasteiger partial charge is 0.115 e. The molecule has 0 fully saturated rings. The van der Waals surface area contributed by atoms with Gasteiger partial charge in [0.15, 0.2) is 0 Å². The summed E-state index contributed by atoms with van der Waals surface area (Å²) in [6, 6.07) is 7.79. The molecule has 0 saturated heterocycles. The van der Waals surface area contributed by atoms with E-state index in [1.165, 1.54) is 0 Å². The zero-order chi connectivity index (χ0) is 12.3. The van der Waals surface area contributed by atoms with Crippen LogP contribution in [0.15, 0.2) is 51.1 Å². The Balaban J connectivity index is 2.17. The van der Waals surface area contributed by atoms with E-state index in [-0.39, 0.29) is 6.04 Å². The van der Waals surface area contributed by atoms with Crippen LogP contribution in [0.25, 0.3) is 0 Å². The van der Waals surface area contributed by atoms with Gasteiger partial charge in [-0.25, -0.2) is 4.98 Å². The van der Waals surface area contributed by atoms with Crippen LogP contribution in [0.4, 0.5) is 0 Å². The summed E-state index contributed by atoms with van der Waals surface area (Å²) < 4.78 is 0.987. The van der Waals surface area contributed by atoms with Gasteiger partial charge in [0.25, 0.3) is 0 Å². The van der Waals surface area contributed by atoms with Gasteiger partial charge in [0.2, 0.25) is 0 Å². The van der Waals surface area contributed by atoms with Crippen molar-refractivity contribution in [2.45, 2.75) is 22.9 Å². The zero-order valence-corrected chi connectivity index (χ0v) is 11.7. The molecule has 2 heterocycles. The topological polar surface area (TPSA) is 51.8 Å². The molecular formula is C12H12BrN3S. The average Bonchev–Trinajstić information content (AvgIpc) is 2.33. The molecule has 0 aliphatic heterocycles. The van der Waals surface area contributed by atoms with Crippen LogP contribution < -0.4 is 5.73 Å². The number of nitrogens with two attached hydrogens (primary N) is 1. The molecule has 17 heavy (non-hydrogen) atoms. The van der Waals surface area contributed by atoms with Crippen LogP contribution in [0.3, 0.4) is 0 Å². The molecule has 2 N–H and O–H groups in total. The van der Waals surface area contributed by atoms with Gasteiger partial charge in [-0.15, -0.1) is 0 Å². The van der Waals surface area contributed by atoms with E-state index >= 15 is 0 Å². The summed E-state index contributed by atoms with van der Waals surface area (Å²) in [7, 11) is 0. The fraction of sp³-hybridized carbons (Fsp3) is 0.167. The lowest BCUT2D eigenvalue weighted by Gasteiger charge is -2.06. The summed E-state index contributed by atoms with van der Waals surface area (Å²) in [5.41, 5.74) is 6.65. The van der Waals surface area contributed by atoms with Crippen LogP contribution in [0.5, 0.6) is 0 Å². The van der Waals surface area contributed by atoms with Gasteiger partial charge in [-0.2, -0.15) is 0 Å². The largest absolute Gasteiger partial charge is 0.323 e. The van der Waals surface area contributed by atoms with Crippen molar-refractivity contribution in [1.82, 2.24) is 9.97 Å². The van der Waals surface area contributed by atoms with Gasteiger partial charge in [0.1, 0.15) is 5.03 Å². The second kappa shape index (κ2) is 5.62. The molecule has 1 unspecified atom stereocenters. The molecule has 0 amide bonds.